The number of fused-ring (bicyclic) bond motifs is 1. The zero-order chi connectivity index (χ0) is 19.7. The fourth-order valence-electron chi connectivity index (χ4n) is 3.24. The van der Waals surface area contributed by atoms with Gasteiger partial charge in [-0.1, -0.05) is 18.2 Å². The van der Waals surface area contributed by atoms with Crippen molar-refractivity contribution in [3.63, 3.8) is 0 Å². The highest BCUT2D eigenvalue weighted by Crippen LogP contribution is 2.36. The topological polar surface area (TPSA) is 81.1 Å². The number of allylic oxidation sites excluding steroid dienone is 1. The first-order valence-corrected chi connectivity index (χ1v) is 8.65. The van der Waals surface area contributed by atoms with Crippen molar-refractivity contribution in [1.82, 2.24) is 14.8 Å². The lowest BCUT2D eigenvalue weighted by Crippen LogP contribution is -2.32. The van der Waals surface area contributed by atoms with Gasteiger partial charge in [-0.2, -0.15) is 10.1 Å². The molecule has 142 valence electrons. The van der Waals surface area contributed by atoms with Gasteiger partial charge in [0.25, 0.3) is 5.91 Å². The summed E-state index contributed by atoms with van der Waals surface area (Å²) in [6, 6.07) is 12.6. The van der Waals surface area contributed by atoms with Gasteiger partial charge in [0.2, 0.25) is 5.95 Å². The van der Waals surface area contributed by atoms with Gasteiger partial charge in [0.1, 0.15) is 23.9 Å². The molecule has 8 heteroatoms. The predicted octanol–water partition coefficient (Wildman–Crippen LogP) is 3.35. The number of nitrogens with zero attached hydrogens (tertiary/aromatic N) is 3. The Balaban J connectivity index is 1.74. The van der Waals surface area contributed by atoms with Gasteiger partial charge < -0.3 is 15.4 Å². The molecule has 2 N–H and O–H groups in total. The summed E-state index contributed by atoms with van der Waals surface area (Å²) in [5.41, 5.74) is 1.89. The molecular formula is C20H18FN5O2. The van der Waals surface area contributed by atoms with E-state index in [2.05, 4.69) is 20.7 Å². The first-order valence-electron chi connectivity index (χ1n) is 8.65. The number of benzene rings is 2. The fourth-order valence-corrected chi connectivity index (χ4v) is 3.24. The van der Waals surface area contributed by atoms with Crippen LogP contribution in [0.3, 0.4) is 0 Å². The Morgan fingerprint density at radius 3 is 2.68 bits per heavy atom. The van der Waals surface area contributed by atoms with E-state index in [1.165, 1.54) is 17.1 Å². The second kappa shape index (κ2) is 7.15. The molecule has 1 aromatic heterocycles. The van der Waals surface area contributed by atoms with Gasteiger partial charge >= 0.3 is 0 Å². The molecule has 0 fully saturated rings. The summed E-state index contributed by atoms with van der Waals surface area (Å²) in [6.07, 6.45) is 1.37. The Bertz CT molecular complexity index is 1060. The highest BCUT2D eigenvalue weighted by Gasteiger charge is 2.34. The summed E-state index contributed by atoms with van der Waals surface area (Å²) in [6.45, 7) is 1.76. The maximum atomic E-state index is 14.6. The molecule has 1 atom stereocenters. The van der Waals surface area contributed by atoms with Gasteiger partial charge in [-0.05, 0) is 37.3 Å². The SMILES string of the molecule is COc1ccc(NC(=O)C2=C(C)Nc3ncnn3C2c2ccccc2F)cc1. The van der Waals surface area contributed by atoms with Crippen LogP contribution in [0.2, 0.25) is 0 Å². The Morgan fingerprint density at radius 2 is 1.96 bits per heavy atom. The van der Waals surface area contributed by atoms with E-state index in [-0.39, 0.29) is 5.91 Å². The predicted molar refractivity (Wildman–Crippen MR) is 103 cm³/mol. The summed E-state index contributed by atoms with van der Waals surface area (Å²) in [4.78, 5) is 17.3. The van der Waals surface area contributed by atoms with E-state index in [1.54, 1.807) is 56.5 Å². The van der Waals surface area contributed by atoms with Crippen molar-refractivity contribution in [2.75, 3.05) is 17.7 Å². The summed E-state index contributed by atoms with van der Waals surface area (Å²) in [5, 5.41) is 10.1. The zero-order valence-corrected chi connectivity index (χ0v) is 15.3. The largest absolute Gasteiger partial charge is 0.497 e. The van der Waals surface area contributed by atoms with Gasteiger partial charge in [-0.25, -0.2) is 9.07 Å². The van der Waals surface area contributed by atoms with Crippen LogP contribution in [0.5, 0.6) is 5.75 Å². The molecule has 1 aliphatic rings. The van der Waals surface area contributed by atoms with Crippen molar-refractivity contribution in [2.45, 2.75) is 13.0 Å². The average Bonchev–Trinajstić information content (AvgIpc) is 3.16. The minimum absolute atomic E-state index is 0.343. The number of methoxy groups -OCH3 is 1. The molecule has 0 saturated heterocycles. The first-order chi connectivity index (χ1) is 13.6. The van der Waals surface area contributed by atoms with E-state index in [9.17, 15) is 9.18 Å². The second-order valence-electron chi connectivity index (χ2n) is 6.30. The lowest BCUT2D eigenvalue weighted by molar-refractivity contribution is -0.113. The highest BCUT2D eigenvalue weighted by atomic mass is 19.1. The number of anilines is 2. The van der Waals surface area contributed by atoms with Crippen molar-refractivity contribution in [3.8, 4) is 5.75 Å². The maximum Gasteiger partial charge on any atom is 0.255 e. The third kappa shape index (κ3) is 3.09. The molecule has 0 saturated carbocycles. The van der Waals surface area contributed by atoms with Crippen LogP contribution in [0.1, 0.15) is 18.5 Å². The number of rotatable bonds is 4. The number of hydrogen-bond donors (Lipinski definition) is 2. The summed E-state index contributed by atoms with van der Waals surface area (Å²) in [5.74, 6) is 0.360. The van der Waals surface area contributed by atoms with E-state index in [4.69, 9.17) is 4.74 Å². The van der Waals surface area contributed by atoms with Crippen LogP contribution in [-0.4, -0.2) is 27.8 Å². The number of aromatic nitrogens is 3. The number of carbonyl (C=O) groups excluding carboxylic acids is 1. The molecular weight excluding hydrogens is 361 g/mol. The standard InChI is InChI=1S/C20H18FN5O2/c1-12-17(19(27)25-13-7-9-14(28-2)10-8-13)18(15-5-3-4-6-16(15)21)26-20(24-12)22-11-23-26/h3-11,18H,1-2H3,(H,25,27)(H,22,23,24). The van der Waals surface area contributed by atoms with Gasteiger partial charge in [-0.15, -0.1) is 0 Å². The number of hydrogen-bond acceptors (Lipinski definition) is 5. The molecule has 28 heavy (non-hydrogen) atoms. The number of amides is 1. The Morgan fingerprint density at radius 1 is 1.21 bits per heavy atom. The molecule has 1 unspecified atom stereocenters. The van der Waals surface area contributed by atoms with Crippen LogP contribution in [-0.2, 0) is 4.79 Å². The molecule has 0 aliphatic carbocycles. The minimum Gasteiger partial charge on any atom is -0.497 e. The van der Waals surface area contributed by atoms with E-state index in [0.29, 0.717) is 34.2 Å². The third-order valence-electron chi connectivity index (χ3n) is 4.59. The molecule has 4 rings (SSSR count). The Hall–Kier alpha value is -3.68. The Kier molecular flexibility index (Phi) is 4.52. The summed E-state index contributed by atoms with van der Waals surface area (Å²) >= 11 is 0. The van der Waals surface area contributed by atoms with Gasteiger partial charge in [0.15, 0.2) is 0 Å². The normalized spacial score (nSPS) is 15.6. The quantitative estimate of drug-likeness (QED) is 0.727. The molecule has 1 aliphatic heterocycles. The fraction of sp³-hybridized carbons (Fsp3) is 0.150. The molecule has 1 amide bonds. The molecule has 3 aromatic rings. The Labute approximate surface area is 160 Å². The maximum absolute atomic E-state index is 14.6. The summed E-state index contributed by atoms with van der Waals surface area (Å²) in [7, 11) is 1.57. The molecule has 0 spiro atoms. The minimum atomic E-state index is -0.738. The monoisotopic (exact) mass is 379 g/mol. The lowest BCUT2D eigenvalue weighted by Gasteiger charge is -2.29. The second-order valence-corrected chi connectivity index (χ2v) is 6.30. The van der Waals surface area contributed by atoms with Gasteiger partial charge in [0.05, 0.1) is 12.7 Å². The van der Waals surface area contributed by atoms with Crippen LogP contribution in [0.4, 0.5) is 16.0 Å². The van der Waals surface area contributed by atoms with Crippen LogP contribution < -0.4 is 15.4 Å². The third-order valence-corrected chi connectivity index (χ3v) is 4.59. The van der Waals surface area contributed by atoms with E-state index >= 15 is 0 Å². The summed E-state index contributed by atoms with van der Waals surface area (Å²) < 4.78 is 21.2. The number of nitrogens with one attached hydrogen (secondary N) is 2. The first kappa shape index (κ1) is 17.7. The van der Waals surface area contributed by atoms with Crippen molar-refractivity contribution >= 4 is 17.5 Å². The van der Waals surface area contributed by atoms with Crippen molar-refractivity contribution in [1.29, 1.82) is 0 Å². The number of halogens is 1. The smallest absolute Gasteiger partial charge is 0.255 e. The van der Waals surface area contributed by atoms with Gasteiger partial charge in [-0.3, -0.25) is 4.79 Å². The van der Waals surface area contributed by atoms with Gasteiger partial charge in [0, 0.05) is 16.9 Å². The van der Waals surface area contributed by atoms with Crippen molar-refractivity contribution in [2.24, 2.45) is 0 Å². The van der Waals surface area contributed by atoms with Crippen molar-refractivity contribution in [3.05, 3.63) is 77.5 Å². The van der Waals surface area contributed by atoms with E-state index < -0.39 is 11.9 Å². The van der Waals surface area contributed by atoms with Crippen LogP contribution in [0, 0.1) is 5.82 Å². The number of carbonyl (C=O) groups is 1. The average molecular weight is 379 g/mol. The van der Waals surface area contributed by atoms with Crippen LogP contribution in [0.25, 0.3) is 0 Å². The number of ether oxygens (including phenoxy) is 1. The molecule has 7 nitrogen and oxygen atoms in total. The molecule has 0 radical (unpaired) electrons. The van der Waals surface area contributed by atoms with Crippen LogP contribution in [0.15, 0.2) is 66.1 Å². The molecule has 2 heterocycles. The van der Waals surface area contributed by atoms with E-state index in [1.807, 2.05) is 0 Å². The van der Waals surface area contributed by atoms with E-state index in [0.717, 1.165) is 0 Å². The molecule has 0 bridgehead atoms. The van der Waals surface area contributed by atoms with Crippen molar-refractivity contribution < 1.29 is 13.9 Å². The highest BCUT2D eigenvalue weighted by molar-refractivity contribution is 6.06. The zero-order valence-electron chi connectivity index (χ0n) is 15.3. The lowest BCUT2D eigenvalue weighted by atomic mass is 9.94. The molecule has 2 aromatic carbocycles. The van der Waals surface area contributed by atoms with Crippen LogP contribution >= 0.6 is 0 Å².